The fourth-order valence-corrected chi connectivity index (χ4v) is 8.88. The molecule has 3 aliphatic carbocycles. The Hall–Kier alpha value is -1.84. The van der Waals surface area contributed by atoms with Gasteiger partial charge in [-0.05, 0) is 112 Å². The molecular weight excluding hydrogens is 424 g/mol. The Kier molecular flexibility index (Phi) is 7.60. The molecule has 3 fully saturated rings. The molecule has 3 aliphatic rings. The van der Waals surface area contributed by atoms with Crippen LogP contribution in [-0.4, -0.2) is 22.2 Å². The zero-order chi connectivity index (χ0) is 25.5. The van der Waals surface area contributed by atoms with Gasteiger partial charge in [0.15, 0.2) is 0 Å². The van der Waals surface area contributed by atoms with Crippen molar-refractivity contribution in [2.24, 2.45) is 39.9 Å². The van der Waals surface area contributed by atoms with Crippen LogP contribution in [0, 0.1) is 39.9 Å². The zero-order valence-electron chi connectivity index (χ0n) is 22.1. The minimum absolute atomic E-state index is 0.0283. The minimum atomic E-state index is -0.846. The molecule has 3 saturated carbocycles. The number of carbonyl (C=O) groups is 2. The number of allylic oxidation sites excluding steroid dienone is 3. The second kappa shape index (κ2) is 9.66. The van der Waals surface area contributed by atoms with Gasteiger partial charge in [0.25, 0.3) is 0 Å². The second-order valence-electron chi connectivity index (χ2n) is 12.4. The first kappa shape index (κ1) is 26.8. The van der Waals surface area contributed by atoms with Gasteiger partial charge in [-0.2, -0.15) is 0 Å². The molecule has 190 valence electrons. The number of rotatable bonds is 9. The standard InChI is InChI=1S/C30H46O4/c1-19(2)23-14-18-30(7)25(28(23,5)16-15-26(31)32)12-11-24-22(13-17-29(24,30)6)20(3)9-8-10-21(4)27(33)34/h10,22-25H,1,3,8-9,11-18H2,2,4-7H3,(H,31,32)(H,33,34)/b21-10+/t22-,23-,24-,25+,28+,29-,30-/m1/s1. The quantitative estimate of drug-likeness (QED) is 0.268. The average Bonchev–Trinajstić information content (AvgIpc) is 3.10. The van der Waals surface area contributed by atoms with Crippen LogP contribution >= 0.6 is 0 Å². The van der Waals surface area contributed by atoms with Crippen LogP contribution in [0.25, 0.3) is 0 Å². The van der Waals surface area contributed by atoms with Crippen molar-refractivity contribution in [2.75, 3.05) is 0 Å². The molecule has 0 aromatic rings. The summed E-state index contributed by atoms with van der Waals surface area (Å²) in [7, 11) is 0. The van der Waals surface area contributed by atoms with Crippen LogP contribution in [0.15, 0.2) is 36.0 Å². The third-order valence-corrected chi connectivity index (χ3v) is 10.9. The van der Waals surface area contributed by atoms with Gasteiger partial charge in [-0.15, -0.1) is 0 Å². The molecule has 34 heavy (non-hydrogen) atoms. The zero-order valence-corrected chi connectivity index (χ0v) is 22.1. The van der Waals surface area contributed by atoms with Crippen LogP contribution in [0.5, 0.6) is 0 Å². The smallest absolute Gasteiger partial charge is 0.330 e. The van der Waals surface area contributed by atoms with E-state index in [0.29, 0.717) is 29.2 Å². The highest BCUT2D eigenvalue weighted by molar-refractivity contribution is 5.85. The van der Waals surface area contributed by atoms with Crippen molar-refractivity contribution in [3.63, 3.8) is 0 Å². The summed E-state index contributed by atoms with van der Waals surface area (Å²) < 4.78 is 0. The van der Waals surface area contributed by atoms with E-state index in [9.17, 15) is 14.7 Å². The molecule has 0 bridgehead atoms. The summed E-state index contributed by atoms with van der Waals surface area (Å²) in [5.74, 6) is 0.465. The predicted octanol–water partition coefficient (Wildman–Crippen LogP) is 7.66. The van der Waals surface area contributed by atoms with E-state index in [-0.39, 0.29) is 22.7 Å². The van der Waals surface area contributed by atoms with Crippen LogP contribution in [0.4, 0.5) is 0 Å². The summed E-state index contributed by atoms with van der Waals surface area (Å²) in [5, 5.41) is 18.6. The molecule has 0 radical (unpaired) electrons. The molecule has 0 aromatic carbocycles. The molecule has 0 saturated heterocycles. The van der Waals surface area contributed by atoms with Gasteiger partial charge in [-0.3, -0.25) is 4.79 Å². The fraction of sp³-hybridized carbons (Fsp3) is 0.733. The van der Waals surface area contributed by atoms with E-state index in [1.165, 1.54) is 36.8 Å². The molecule has 2 N–H and O–H groups in total. The highest BCUT2D eigenvalue weighted by atomic mass is 16.4. The van der Waals surface area contributed by atoms with Crippen molar-refractivity contribution in [2.45, 2.75) is 98.8 Å². The Labute approximate surface area is 206 Å². The van der Waals surface area contributed by atoms with Gasteiger partial charge in [0.1, 0.15) is 0 Å². The molecule has 3 rings (SSSR count). The van der Waals surface area contributed by atoms with Crippen molar-refractivity contribution in [3.8, 4) is 0 Å². The van der Waals surface area contributed by atoms with Crippen LogP contribution in [0.3, 0.4) is 0 Å². The molecule has 7 atom stereocenters. The molecule has 4 heteroatoms. The van der Waals surface area contributed by atoms with Gasteiger partial charge in [-0.1, -0.05) is 51.2 Å². The van der Waals surface area contributed by atoms with E-state index < -0.39 is 11.9 Å². The van der Waals surface area contributed by atoms with Gasteiger partial charge in [-0.25, -0.2) is 4.79 Å². The Morgan fingerprint density at radius 2 is 1.59 bits per heavy atom. The largest absolute Gasteiger partial charge is 0.481 e. The molecule has 0 heterocycles. The van der Waals surface area contributed by atoms with Crippen molar-refractivity contribution in [3.05, 3.63) is 36.0 Å². The number of hydrogen-bond acceptors (Lipinski definition) is 2. The molecule has 4 nitrogen and oxygen atoms in total. The van der Waals surface area contributed by atoms with E-state index >= 15 is 0 Å². The number of carboxylic acid groups (broad SMARTS) is 2. The van der Waals surface area contributed by atoms with E-state index in [1.54, 1.807) is 6.92 Å². The average molecular weight is 471 g/mol. The van der Waals surface area contributed by atoms with Crippen molar-refractivity contribution >= 4 is 11.9 Å². The molecular formula is C30H46O4. The van der Waals surface area contributed by atoms with Crippen LogP contribution in [0.2, 0.25) is 0 Å². The lowest BCUT2D eigenvalue weighted by Crippen LogP contribution is -2.59. The van der Waals surface area contributed by atoms with E-state index in [4.69, 9.17) is 5.11 Å². The molecule has 0 unspecified atom stereocenters. The lowest BCUT2D eigenvalue weighted by molar-refractivity contribution is -0.169. The number of carboxylic acids is 2. The van der Waals surface area contributed by atoms with Gasteiger partial charge in [0.05, 0.1) is 0 Å². The Bertz CT molecular complexity index is 884. The van der Waals surface area contributed by atoms with Crippen molar-refractivity contribution < 1.29 is 19.8 Å². The summed E-state index contributed by atoms with van der Waals surface area (Å²) in [6, 6.07) is 0. The monoisotopic (exact) mass is 470 g/mol. The van der Waals surface area contributed by atoms with Gasteiger partial charge in [0.2, 0.25) is 0 Å². The Morgan fingerprint density at radius 3 is 2.18 bits per heavy atom. The predicted molar refractivity (Wildman–Crippen MR) is 137 cm³/mol. The Balaban J connectivity index is 1.84. The summed E-state index contributed by atoms with van der Waals surface area (Å²) in [5.41, 5.74) is 3.29. The molecule has 0 aliphatic heterocycles. The number of hydrogen-bond donors (Lipinski definition) is 2. The number of fused-ring (bicyclic) bond motifs is 3. The van der Waals surface area contributed by atoms with E-state index in [0.717, 1.165) is 32.1 Å². The molecule has 0 amide bonds. The van der Waals surface area contributed by atoms with Crippen LogP contribution < -0.4 is 0 Å². The van der Waals surface area contributed by atoms with Crippen molar-refractivity contribution in [1.29, 1.82) is 0 Å². The lowest BCUT2D eigenvalue weighted by atomic mass is 9.38. The van der Waals surface area contributed by atoms with Gasteiger partial charge in [0, 0.05) is 12.0 Å². The Morgan fingerprint density at radius 1 is 0.941 bits per heavy atom. The van der Waals surface area contributed by atoms with Crippen LogP contribution in [0.1, 0.15) is 98.8 Å². The first-order valence-electron chi connectivity index (χ1n) is 13.2. The SMILES string of the molecule is C=C(CC/C=C(\C)C(=O)O)[C@H]1CC[C@]2(C)[C@@H]1CC[C@H]1[C@@](C)(CCC(=O)O)[C@@H](C(=C)C)CC[C@]12C. The summed E-state index contributed by atoms with van der Waals surface area (Å²) in [4.78, 5) is 22.7. The minimum Gasteiger partial charge on any atom is -0.481 e. The van der Waals surface area contributed by atoms with Crippen molar-refractivity contribution in [1.82, 2.24) is 0 Å². The maximum atomic E-state index is 11.6. The summed E-state index contributed by atoms with van der Waals surface area (Å²) in [6.07, 6.45) is 11.4. The first-order valence-corrected chi connectivity index (χ1v) is 13.2. The lowest BCUT2D eigenvalue weighted by Gasteiger charge is -2.66. The van der Waals surface area contributed by atoms with E-state index in [2.05, 4.69) is 40.9 Å². The van der Waals surface area contributed by atoms with Gasteiger partial charge < -0.3 is 10.2 Å². The highest BCUT2D eigenvalue weighted by Crippen LogP contribution is 2.73. The highest BCUT2D eigenvalue weighted by Gasteiger charge is 2.65. The maximum absolute atomic E-state index is 11.6. The third-order valence-electron chi connectivity index (χ3n) is 10.9. The number of aliphatic carboxylic acids is 2. The van der Waals surface area contributed by atoms with Crippen LogP contribution in [-0.2, 0) is 9.59 Å². The van der Waals surface area contributed by atoms with Gasteiger partial charge >= 0.3 is 11.9 Å². The maximum Gasteiger partial charge on any atom is 0.330 e. The normalized spacial score (nSPS) is 39.7. The third kappa shape index (κ3) is 4.42. The molecule has 0 aromatic heterocycles. The molecule has 0 spiro atoms. The van der Waals surface area contributed by atoms with E-state index in [1.807, 2.05) is 6.08 Å². The topological polar surface area (TPSA) is 74.6 Å². The first-order chi connectivity index (χ1) is 15.8. The fourth-order valence-electron chi connectivity index (χ4n) is 8.88. The summed E-state index contributed by atoms with van der Waals surface area (Å²) in [6.45, 7) is 20.0. The second-order valence-corrected chi connectivity index (χ2v) is 12.4. The summed E-state index contributed by atoms with van der Waals surface area (Å²) >= 11 is 0.